The zero-order valence-electron chi connectivity index (χ0n) is 11.1. The topological polar surface area (TPSA) is 57.8 Å². The van der Waals surface area contributed by atoms with E-state index in [1.807, 2.05) is 42.6 Å². The maximum absolute atomic E-state index is 12.3. The van der Waals surface area contributed by atoms with Crippen molar-refractivity contribution in [3.05, 3.63) is 51.9 Å². The van der Waals surface area contributed by atoms with Gasteiger partial charge in [0, 0.05) is 10.9 Å². The number of benzene rings is 1. The van der Waals surface area contributed by atoms with Crippen molar-refractivity contribution in [2.45, 2.75) is 13.5 Å². The second kappa shape index (κ2) is 5.56. The summed E-state index contributed by atoms with van der Waals surface area (Å²) < 4.78 is 0. The Morgan fingerprint density at radius 3 is 2.85 bits per heavy atom. The number of hydrogen-bond acceptors (Lipinski definition) is 4. The van der Waals surface area contributed by atoms with E-state index < -0.39 is 0 Å². The van der Waals surface area contributed by atoms with Crippen molar-refractivity contribution in [3.63, 3.8) is 0 Å². The van der Waals surface area contributed by atoms with E-state index in [4.69, 9.17) is 0 Å². The number of fused-ring (bicyclic) bond motifs is 1. The molecular weight excluding hydrogens is 270 g/mol. The van der Waals surface area contributed by atoms with Gasteiger partial charge in [-0.1, -0.05) is 37.3 Å². The Kier molecular flexibility index (Phi) is 3.62. The van der Waals surface area contributed by atoms with Crippen LogP contribution in [0.15, 0.2) is 40.5 Å². The minimum atomic E-state index is -0.0667. The highest BCUT2D eigenvalue weighted by Gasteiger charge is 2.12. The molecule has 3 aromatic rings. The van der Waals surface area contributed by atoms with Crippen LogP contribution in [0.5, 0.6) is 0 Å². The summed E-state index contributed by atoms with van der Waals surface area (Å²) in [5, 5.41) is 5.85. The van der Waals surface area contributed by atoms with Crippen LogP contribution in [0.3, 0.4) is 0 Å². The Balaban J connectivity index is 2.12. The van der Waals surface area contributed by atoms with Crippen LogP contribution in [0.1, 0.15) is 12.7 Å². The first-order valence-corrected chi connectivity index (χ1v) is 7.44. The van der Waals surface area contributed by atoms with Gasteiger partial charge in [0.05, 0.1) is 11.9 Å². The van der Waals surface area contributed by atoms with E-state index in [1.54, 1.807) is 0 Å². The molecule has 0 fully saturated rings. The summed E-state index contributed by atoms with van der Waals surface area (Å²) in [6, 6.07) is 9.93. The molecule has 2 aromatic heterocycles. The van der Waals surface area contributed by atoms with E-state index in [-0.39, 0.29) is 5.56 Å². The minimum Gasteiger partial charge on any atom is -0.310 e. The van der Waals surface area contributed by atoms with Crippen LogP contribution in [0.4, 0.5) is 0 Å². The molecule has 2 N–H and O–H groups in total. The van der Waals surface area contributed by atoms with Gasteiger partial charge in [0.2, 0.25) is 0 Å². The molecule has 0 aliphatic heterocycles. The molecular formula is C15H15N3OS. The van der Waals surface area contributed by atoms with Crippen LogP contribution >= 0.6 is 11.3 Å². The lowest BCUT2D eigenvalue weighted by Crippen LogP contribution is -2.18. The summed E-state index contributed by atoms with van der Waals surface area (Å²) in [4.78, 5) is 20.5. The molecule has 0 saturated carbocycles. The second-order valence-electron chi connectivity index (χ2n) is 4.49. The van der Waals surface area contributed by atoms with Gasteiger partial charge >= 0.3 is 0 Å². The molecule has 0 aliphatic rings. The first-order chi connectivity index (χ1) is 9.79. The molecule has 20 heavy (non-hydrogen) atoms. The third-order valence-corrected chi connectivity index (χ3v) is 3.99. The molecule has 3 rings (SSSR count). The van der Waals surface area contributed by atoms with E-state index in [0.29, 0.717) is 17.8 Å². The number of nitrogens with zero attached hydrogens (tertiary/aromatic N) is 1. The van der Waals surface area contributed by atoms with E-state index in [2.05, 4.69) is 15.3 Å². The molecule has 0 bridgehead atoms. The van der Waals surface area contributed by atoms with Gasteiger partial charge in [-0.2, -0.15) is 0 Å². The van der Waals surface area contributed by atoms with E-state index >= 15 is 0 Å². The lowest BCUT2D eigenvalue weighted by Gasteiger charge is -2.02. The van der Waals surface area contributed by atoms with Crippen molar-refractivity contribution in [1.82, 2.24) is 15.3 Å². The van der Waals surface area contributed by atoms with Crippen molar-refractivity contribution < 1.29 is 0 Å². The van der Waals surface area contributed by atoms with Crippen molar-refractivity contribution in [3.8, 4) is 11.1 Å². The highest BCUT2D eigenvalue weighted by atomic mass is 32.1. The minimum absolute atomic E-state index is 0.0667. The Morgan fingerprint density at radius 2 is 2.10 bits per heavy atom. The summed E-state index contributed by atoms with van der Waals surface area (Å²) >= 11 is 1.51. The fraction of sp³-hybridized carbons (Fsp3) is 0.200. The van der Waals surface area contributed by atoms with E-state index in [1.165, 1.54) is 11.3 Å². The van der Waals surface area contributed by atoms with Gasteiger partial charge in [-0.05, 0) is 12.1 Å². The van der Waals surface area contributed by atoms with Gasteiger partial charge in [0.15, 0.2) is 0 Å². The van der Waals surface area contributed by atoms with Gasteiger partial charge in [0.1, 0.15) is 10.7 Å². The van der Waals surface area contributed by atoms with Gasteiger partial charge in [-0.25, -0.2) is 4.98 Å². The number of rotatable bonds is 4. The molecule has 0 spiro atoms. The predicted octanol–water partition coefficient (Wildman–Crippen LogP) is 2.76. The average molecular weight is 285 g/mol. The van der Waals surface area contributed by atoms with Gasteiger partial charge in [0.25, 0.3) is 5.56 Å². The second-order valence-corrected chi connectivity index (χ2v) is 5.35. The Bertz CT molecular complexity index is 777. The maximum Gasteiger partial charge on any atom is 0.260 e. The van der Waals surface area contributed by atoms with Gasteiger partial charge in [-0.15, -0.1) is 11.3 Å². The molecule has 0 unspecified atom stereocenters. The summed E-state index contributed by atoms with van der Waals surface area (Å²) in [5.74, 6) is 0.686. The normalized spacial score (nSPS) is 11.1. The lowest BCUT2D eigenvalue weighted by molar-refractivity contribution is 0.692. The fourth-order valence-corrected chi connectivity index (χ4v) is 3.12. The Labute approximate surface area is 120 Å². The predicted molar refractivity (Wildman–Crippen MR) is 83.1 cm³/mol. The molecule has 102 valence electrons. The molecule has 1 aromatic carbocycles. The number of thiophene rings is 1. The molecule has 0 saturated heterocycles. The number of aromatic nitrogens is 2. The molecule has 5 heteroatoms. The van der Waals surface area contributed by atoms with Crippen LogP contribution in [-0.2, 0) is 6.54 Å². The first-order valence-electron chi connectivity index (χ1n) is 6.56. The number of aromatic amines is 1. The maximum atomic E-state index is 12.3. The largest absolute Gasteiger partial charge is 0.310 e. The highest BCUT2D eigenvalue weighted by Crippen LogP contribution is 2.30. The van der Waals surface area contributed by atoms with E-state index in [9.17, 15) is 4.79 Å². The Hall–Kier alpha value is -1.98. The van der Waals surface area contributed by atoms with Crippen LogP contribution in [0.25, 0.3) is 21.3 Å². The SMILES string of the molecule is CCNCc1nc2scc(-c3ccccc3)c2c(=O)[nH]1. The summed E-state index contributed by atoms with van der Waals surface area (Å²) in [7, 11) is 0. The average Bonchev–Trinajstić information content (AvgIpc) is 2.90. The number of H-pyrrole nitrogens is 1. The standard InChI is InChI=1S/C15H15N3OS/c1-2-16-8-12-17-14(19)13-11(9-20-15(13)18-12)10-6-4-3-5-7-10/h3-7,9,16H,2,8H2,1H3,(H,17,18,19). The smallest absolute Gasteiger partial charge is 0.260 e. The highest BCUT2D eigenvalue weighted by molar-refractivity contribution is 7.17. The zero-order chi connectivity index (χ0) is 13.9. The quantitative estimate of drug-likeness (QED) is 0.775. The summed E-state index contributed by atoms with van der Waals surface area (Å²) in [6.07, 6.45) is 0. The van der Waals surface area contributed by atoms with Crippen LogP contribution in [-0.4, -0.2) is 16.5 Å². The molecule has 4 nitrogen and oxygen atoms in total. The van der Waals surface area contributed by atoms with Crippen LogP contribution < -0.4 is 10.9 Å². The Morgan fingerprint density at radius 1 is 1.30 bits per heavy atom. The summed E-state index contributed by atoms with van der Waals surface area (Å²) in [5.41, 5.74) is 1.93. The van der Waals surface area contributed by atoms with Gasteiger partial charge < -0.3 is 10.3 Å². The molecule has 0 atom stereocenters. The number of hydrogen-bond donors (Lipinski definition) is 2. The fourth-order valence-electron chi connectivity index (χ4n) is 2.15. The van der Waals surface area contributed by atoms with Crippen molar-refractivity contribution in [1.29, 1.82) is 0 Å². The third-order valence-electron chi connectivity index (χ3n) is 3.12. The van der Waals surface area contributed by atoms with Crippen molar-refractivity contribution in [2.24, 2.45) is 0 Å². The number of nitrogens with one attached hydrogen (secondary N) is 2. The van der Waals surface area contributed by atoms with Crippen LogP contribution in [0, 0.1) is 0 Å². The first kappa shape index (κ1) is 13.0. The lowest BCUT2D eigenvalue weighted by atomic mass is 10.1. The molecule has 2 heterocycles. The molecule has 0 radical (unpaired) electrons. The van der Waals surface area contributed by atoms with Gasteiger partial charge in [-0.3, -0.25) is 4.79 Å². The summed E-state index contributed by atoms with van der Waals surface area (Å²) in [6.45, 7) is 3.46. The monoisotopic (exact) mass is 285 g/mol. The van der Waals surface area contributed by atoms with E-state index in [0.717, 1.165) is 22.5 Å². The zero-order valence-corrected chi connectivity index (χ0v) is 12.0. The third kappa shape index (κ3) is 2.37. The van der Waals surface area contributed by atoms with Crippen LogP contribution in [0.2, 0.25) is 0 Å². The van der Waals surface area contributed by atoms with Crippen molar-refractivity contribution in [2.75, 3.05) is 6.54 Å². The van der Waals surface area contributed by atoms with Crippen molar-refractivity contribution >= 4 is 21.6 Å². The molecule has 0 amide bonds. The molecule has 0 aliphatic carbocycles.